The summed E-state index contributed by atoms with van der Waals surface area (Å²) in [6.45, 7) is 0.648. The van der Waals surface area contributed by atoms with Crippen molar-refractivity contribution >= 4 is 35.1 Å². The van der Waals surface area contributed by atoms with E-state index in [4.69, 9.17) is 5.26 Å². The fourth-order valence-electron chi connectivity index (χ4n) is 2.16. The highest BCUT2D eigenvalue weighted by Crippen LogP contribution is 2.23. The Morgan fingerprint density at radius 3 is 2.45 bits per heavy atom. The number of nitrogens with one attached hydrogen (secondary N) is 2. The van der Waals surface area contributed by atoms with E-state index in [0.717, 1.165) is 29.0 Å². The maximum atomic E-state index is 13.3. The number of halogens is 4. The lowest BCUT2D eigenvalue weighted by Crippen LogP contribution is -2.42. The molecule has 2 aromatic rings. The standard InChI is InChI=1S/C16H14F4N4O3S.H2S/c1-9(16(18,19)20)23-28(26,27)12-6-14(24(2)8-12)15(25)22-11-3-4-13(17)10(5-11)7-21;/h3-6,8-9,23H,1-2H3,(H,22,25);1H2/t9-;/m0./s1. The minimum Gasteiger partial charge on any atom is -0.345 e. The molecule has 0 saturated carbocycles. The summed E-state index contributed by atoms with van der Waals surface area (Å²) in [5, 5.41) is 11.2. The number of carbonyl (C=O) groups is 1. The number of alkyl halides is 3. The Kier molecular flexibility index (Phi) is 7.47. The van der Waals surface area contributed by atoms with Gasteiger partial charge in [-0.05, 0) is 31.2 Å². The van der Waals surface area contributed by atoms with Crippen molar-refractivity contribution in [1.29, 1.82) is 5.26 Å². The maximum Gasteiger partial charge on any atom is 0.404 e. The molecule has 2 N–H and O–H groups in total. The van der Waals surface area contributed by atoms with Crippen LogP contribution in [0.4, 0.5) is 23.2 Å². The number of hydrogen-bond donors (Lipinski definition) is 2. The van der Waals surface area contributed by atoms with Crippen molar-refractivity contribution < 1.29 is 30.8 Å². The molecular formula is C16H16F4N4O3S2. The molecule has 29 heavy (non-hydrogen) atoms. The van der Waals surface area contributed by atoms with E-state index in [1.165, 1.54) is 17.8 Å². The average molecular weight is 452 g/mol. The highest BCUT2D eigenvalue weighted by atomic mass is 32.2. The molecule has 0 spiro atoms. The van der Waals surface area contributed by atoms with E-state index in [1.807, 2.05) is 0 Å². The van der Waals surface area contributed by atoms with Crippen LogP contribution in [0.25, 0.3) is 0 Å². The number of sulfonamides is 1. The predicted octanol–water partition coefficient (Wildman–Crippen LogP) is 2.63. The maximum absolute atomic E-state index is 13.3. The summed E-state index contributed by atoms with van der Waals surface area (Å²) in [6.07, 6.45) is -3.80. The molecule has 0 fully saturated rings. The molecular weight excluding hydrogens is 436 g/mol. The first-order valence-electron chi connectivity index (χ1n) is 7.61. The first-order valence-corrected chi connectivity index (χ1v) is 9.10. The molecule has 0 unspecified atom stereocenters. The van der Waals surface area contributed by atoms with Crippen molar-refractivity contribution in [2.24, 2.45) is 7.05 Å². The number of aryl methyl sites for hydroxylation is 1. The van der Waals surface area contributed by atoms with Gasteiger partial charge < -0.3 is 9.88 Å². The van der Waals surface area contributed by atoms with Crippen LogP contribution in [0.15, 0.2) is 35.4 Å². The van der Waals surface area contributed by atoms with Crippen LogP contribution in [0.2, 0.25) is 0 Å². The first-order chi connectivity index (χ1) is 12.8. The Morgan fingerprint density at radius 1 is 1.28 bits per heavy atom. The number of aromatic nitrogens is 1. The molecule has 1 aromatic heterocycles. The Bertz CT molecular complexity index is 1060. The molecule has 1 amide bonds. The largest absolute Gasteiger partial charge is 0.404 e. The van der Waals surface area contributed by atoms with E-state index >= 15 is 0 Å². The number of nitriles is 1. The number of anilines is 1. The second-order valence-corrected chi connectivity index (χ2v) is 7.53. The third-order valence-electron chi connectivity index (χ3n) is 3.69. The summed E-state index contributed by atoms with van der Waals surface area (Å²) in [6, 6.07) is 3.43. The van der Waals surface area contributed by atoms with Gasteiger partial charge in [-0.25, -0.2) is 12.8 Å². The number of hydrogen-bond acceptors (Lipinski definition) is 4. The molecule has 13 heteroatoms. The van der Waals surface area contributed by atoms with Gasteiger partial charge >= 0.3 is 6.18 Å². The van der Waals surface area contributed by atoms with Crippen LogP contribution in [0, 0.1) is 17.1 Å². The van der Waals surface area contributed by atoms with Crippen molar-refractivity contribution in [2.45, 2.75) is 24.0 Å². The number of carbonyl (C=O) groups excluding carboxylic acids is 1. The molecule has 0 aliphatic carbocycles. The van der Waals surface area contributed by atoms with Crippen molar-refractivity contribution in [3.05, 3.63) is 47.5 Å². The normalized spacial score (nSPS) is 12.6. The van der Waals surface area contributed by atoms with Crippen LogP contribution in [0.3, 0.4) is 0 Å². The smallest absolute Gasteiger partial charge is 0.345 e. The third kappa shape index (κ3) is 5.72. The van der Waals surface area contributed by atoms with Gasteiger partial charge in [0.1, 0.15) is 28.5 Å². The van der Waals surface area contributed by atoms with E-state index in [-0.39, 0.29) is 30.4 Å². The van der Waals surface area contributed by atoms with E-state index < -0.39 is 38.9 Å². The predicted molar refractivity (Wildman–Crippen MR) is 101 cm³/mol. The number of benzene rings is 1. The number of rotatable bonds is 5. The summed E-state index contributed by atoms with van der Waals surface area (Å²) in [4.78, 5) is 11.8. The Hall–Kier alpha value is -2.56. The SMILES string of the molecule is C[C@H](NS(=O)(=O)c1cc(C(=O)Nc2ccc(F)c(C#N)c2)n(C)c1)C(F)(F)F.S. The van der Waals surface area contributed by atoms with Gasteiger partial charge in [0.2, 0.25) is 10.0 Å². The molecule has 0 radical (unpaired) electrons. The quantitative estimate of drug-likeness (QED) is 0.681. The zero-order valence-corrected chi connectivity index (χ0v) is 16.8. The molecule has 0 saturated heterocycles. The topological polar surface area (TPSA) is 104 Å². The molecule has 0 aliphatic rings. The van der Waals surface area contributed by atoms with Crippen molar-refractivity contribution in [3.63, 3.8) is 0 Å². The molecule has 1 atom stereocenters. The monoisotopic (exact) mass is 452 g/mol. The Labute approximate surface area is 170 Å². The molecule has 158 valence electrons. The van der Waals surface area contributed by atoms with Gasteiger partial charge in [-0.15, -0.1) is 0 Å². The summed E-state index contributed by atoms with van der Waals surface area (Å²) in [5.74, 6) is -1.58. The minimum absolute atomic E-state index is 0. The van der Waals surface area contributed by atoms with Crippen LogP contribution in [0.1, 0.15) is 23.0 Å². The first kappa shape index (κ1) is 24.5. The van der Waals surface area contributed by atoms with Crippen LogP contribution < -0.4 is 10.0 Å². The Morgan fingerprint density at radius 2 is 1.90 bits per heavy atom. The third-order valence-corrected chi connectivity index (χ3v) is 5.20. The lowest BCUT2D eigenvalue weighted by atomic mass is 10.2. The fraction of sp³-hybridized carbons (Fsp3) is 0.250. The zero-order chi connectivity index (χ0) is 21.3. The highest BCUT2D eigenvalue weighted by molar-refractivity contribution is 7.89. The number of amides is 1. The molecule has 0 bridgehead atoms. The lowest BCUT2D eigenvalue weighted by Gasteiger charge is -2.16. The van der Waals surface area contributed by atoms with Gasteiger partial charge in [-0.1, -0.05) is 0 Å². The van der Waals surface area contributed by atoms with Gasteiger partial charge in [0, 0.05) is 18.9 Å². The van der Waals surface area contributed by atoms with Gasteiger partial charge in [0.25, 0.3) is 5.91 Å². The summed E-state index contributed by atoms with van der Waals surface area (Å²) >= 11 is 0. The van der Waals surface area contributed by atoms with Crippen LogP contribution in [-0.4, -0.2) is 31.1 Å². The molecule has 1 aromatic carbocycles. The summed E-state index contributed by atoms with van der Waals surface area (Å²) < 4.78 is 77.9. The van der Waals surface area contributed by atoms with E-state index in [0.29, 0.717) is 6.92 Å². The van der Waals surface area contributed by atoms with Crippen LogP contribution in [0.5, 0.6) is 0 Å². The second-order valence-electron chi connectivity index (χ2n) is 5.82. The fourth-order valence-corrected chi connectivity index (χ4v) is 3.46. The van der Waals surface area contributed by atoms with Gasteiger partial charge in [0.05, 0.1) is 5.56 Å². The highest BCUT2D eigenvalue weighted by Gasteiger charge is 2.39. The van der Waals surface area contributed by atoms with Crippen molar-refractivity contribution in [1.82, 2.24) is 9.29 Å². The second kappa shape index (κ2) is 8.85. The van der Waals surface area contributed by atoms with Crippen molar-refractivity contribution in [3.8, 4) is 6.07 Å². The zero-order valence-electron chi connectivity index (χ0n) is 15.0. The van der Waals surface area contributed by atoms with Gasteiger partial charge in [-0.3, -0.25) is 4.79 Å². The number of nitrogens with zero attached hydrogens (tertiary/aromatic N) is 2. The molecule has 1 heterocycles. The van der Waals surface area contributed by atoms with E-state index in [2.05, 4.69) is 5.32 Å². The molecule has 7 nitrogen and oxygen atoms in total. The van der Waals surface area contributed by atoms with Crippen LogP contribution in [-0.2, 0) is 17.1 Å². The van der Waals surface area contributed by atoms with Crippen molar-refractivity contribution in [2.75, 3.05) is 5.32 Å². The summed E-state index contributed by atoms with van der Waals surface area (Å²) in [7, 11) is -3.20. The lowest BCUT2D eigenvalue weighted by molar-refractivity contribution is -0.147. The van der Waals surface area contributed by atoms with E-state index in [1.54, 1.807) is 6.07 Å². The van der Waals surface area contributed by atoms with Crippen LogP contribution >= 0.6 is 13.5 Å². The van der Waals surface area contributed by atoms with Gasteiger partial charge in [-0.2, -0.15) is 36.7 Å². The summed E-state index contributed by atoms with van der Waals surface area (Å²) in [5.41, 5.74) is -0.404. The van der Waals surface area contributed by atoms with Gasteiger partial charge in [0.15, 0.2) is 0 Å². The Balaban J connectivity index is 0.00000420. The average Bonchev–Trinajstić information content (AvgIpc) is 2.98. The molecule has 0 aliphatic heterocycles. The minimum atomic E-state index is -4.77. The molecule has 2 rings (SSSR count). The van der Waals surface area contributed by atoms with E-state index in [9.17, 15) is 30.8 Å².